The van der Waals surface area contributed by atoms with Crippen molar-refractivity contribution in [1.82, 2.24) is 4.72 Å². The van der Waals surface area contributed by atoms with Crippen molar-refractivity contribution in [3.63, 3.8) is 0 Å². The molecule has 0 aliphatic heterocycles. The number of rotatable bonds is 4. The van der Waals surface area contributed by atoms with E-state index >= 15 is 0 Å². The molecular formula is C15H19NO4S. The van der Waals surface area contributed by atoms with E-state index in [1.807, 2.05) is 12.2 Å². The van der Waals surface area contributed by atoms with E-state index < -0.39 is 16.0 Å². The minimum absolute atomic E-state index is 0.0120. The van der Waals surface area contributed by atoms with Crippen LogP contribution >= 0.6 is 0 Å². The van der Waals surface area contributed by atoms with Gasteiger partial charge in [0.1, 0.15) is 0 Å². The van der Waals surface area contributed by atoms with E-state index in [1.54, 1.807) is 13.8 Å². The molecule has 1 aliphatic rings. The highest BCUT2D eigenvalue weighted by Gasteiger charge is 2.24. The maximum Gasteiger partial charge on any atom is 0.335 e. The summed E-state index contributed by atoms with van der Waals surface area (Å²) in [5.74, 6) is -1.13. The molecule has 0 aromatic heterocycles. The van der Waals surface area contributed by atoms with E-state index in [0.29, 0.717) is 17.5 Å². The second kappa shape index (κ2) is 5.99. The molecule has 6 heteroatoms. The zero-order valence-electron chi connectivity index (χ0n) is 12.1. The van der Waals surface area contributed by atoms with Gasteiger partial charge in [0.05, 0.1) is 10.5 Å². The molecule has 1 unspecified atom stereocenters. The van der Waals surface area contributed by atoms with Crippen LogP contribution in [0.25, 0.3) is 0 Å². The summed E-state index contributed by atoms with van der Waals surface area (Å²) in [5.41, 5.74) is 1.22. The minimum atomic E-state index is -3.72. The number of allylic oxidation sites excluding steroid dienone is 1. The van der Waals surface area contributed by atoms with Crippen LogP contribution < -0.4 is 4.72 Å². The molecule has 0 bridgehead atoms. The van der Waals surface area contributed by atoms with Gasteiger partial charge < -0.3 is 5.11 Å². The maximum atomic E-state index is 12.5. The van der Waals surface area contributed by atoms with Gasteiger partial charge in [-0.05, 0) is 56.4 Å². The average Bonchev–Trinajstić information content (AvgIpc) is 2.41. The summed E-state index contributed by atoms with van der Waals surface area (Å²) in [6, 6.07) is 2.58. The van der Waals surface area contributed by atoms with Crippen LogP contribution in [0.2, 0.25) is 0 Å². The van der Waals surface area contributed by atoms with Gasteiger partial charge >= 0.3 is 5.97 Å². The first-order valence-electron chi connectivity index (χ1n) is 6.83. The molecule has 0 fully saturated rings. The Hall–Kier alpha value is -1.66. The van der Waals surface area contributed by atoms with Crippen LogP contribution in [-0.4, -0.2) is 25.5 Å². The Kier molecular flexibility index (Phi) is 4.49. The maximum absolute atomic E-state index is 12.5. The first-order chi connectivity index (χ1) is 9.81. The number of carbonyl (C=O) groups is 1. The molecule has 0 saturated carbocycles. The van der Waals surface area contributed by atoms with Gasteiger partial charge in [-0.3, -0.25) is 0 Å². The number of hydrogen-bond donors (Lipinski definition) is 2. The lowest BCUT2D eigenvalue weighted by Crippen LogP contribution is -2.35. The molecular weight excluding hydrogens is 290 g/mol. The van der Waals surface area contributed by atoms with Crippen molar-refractivity contribution in [3.05, 3.63) is 41.0 Å². The van der Waals surface area contributed by atoms with Gasteiger partial charge in [0, 0.05) is 6.04 Å². The third-order valence-corrected chi connectivity index (χ3v) is 5.39. The Labute approximate surface area is 124 Å². The molecule has 0 spiro atoms. The summed E-state index contributed by atoms with van der Waals surface area (Å²) < 4.78 is 27.7. The normalized spacial score (nSPS) is 18.7. The van der Waals surface area contributed by atoms with Crippen molar-refractivity contribution in [3.8, 4) is 0 Å². The molecule has 1 atom stereocenters. The number of hydrogen-bond acceptors (Lipinski definition) is 3. The first-order valence-corrected chi connectivity index (χ1v) is 8.31. The Morgan fingerprint density at radius 2 is 2.00 bits per heavy atom. The zero-order valence-corrected chi connectivity index (χ0v) is 12.9. The molecule has 1 aromatic rings. The monoisotopic (exact) mass is 309 g/mol. The molecule has 0 saturated heterocycles. The lowest BCUT2D eigenvalue weighted by Gasteiger charge is -2.20. The van der Waals surface area contributed by atoms with Crippen LogP contribution in [0.4, 0.5) is 0 Å². The van der Waals surface area contributed by atoms with Gasteiger partial charge in [-0.25, -0.2) is 17.9 Å². The third kappa shape index (κ3) is 3.51. The minimum Gasteiger partial charge on any atom is -0.478 e. The number of sulfonamides is 1. The molecule has 1 aromatic carbocycles. The van der Waals surface area contributed by atoms with E-state index in [2.05, 4.69) is 4.72 Å². The molecule has 2 N–H and O–H groups in total. The predicted octanol–water partition coefficient (Wildman–Crippen LogP) is 2.39. The second-order valence-electron chi connectivity index (χ2n) is 5.32. The average molecular weight is 309 g/mol. The lowest BCUT2D eigenvalue weighted by molar-refractivity contribution is 0.0696. The highest BCUT2D eigenvalue weighted by atomic mass is 32.2. The number of nitrogens with one attached hydrogen (secondary N) is 1. The number of aromatic carboxylic acids is 1. The summed E-state index contributed by atoms with van der Waals surface area (Å²) in [5, 5.41) is 9.09. The molecule has 0 amide bonds. The summed E-state index contributed by atoms with van der Waals surface area (Å²) in [7, 11) is -3.72. The van der Waals surface area contributed by atoms with Gasteiger partial charge in [-0.2, -0.15) is 0 Å². The highest BCUT2D eigenvalue weighted by molar-refractivity contribution is 7.89. The predicted molar refractivity (Wildman–Crippen MR) is 80.0 cm³/mol. The molecule has 21 heavy (non-hydrogen) atoms. The van der Waals surface area contributed by atoms with E-state index in [9.17, 15) is 13.2 Å². The van der Waals surface area contributed by atoms with Crippen molar-refractivity contribution < 1.29 is 18.3 Å². The Bertz CT molecular complexity index is 692. The van der Waals surface area contributed by atoms with Crippen LogP contribution in [0.15, 0.2) is 29.2 Å². The van der Waals surface area contributed by atoms with Crippen molar-refractivity contribution in [1.29, 1.82) is 0 Å². The molecule has 5 nitrogen and oxygen atoms in total. The summed E-state index contributed by atoms with van der Waals surface area (Å²) >= 11 is 0. The lowest BCUT2D eigenvalue weighted by atomic mass is 10.0. The van der Waals surface area contributed by atoms with Crippen molar-refractivity contribution in [2.75, 3.05) is 0 Å². The second-order valence-corrected chi connectivity index (χ2v) is 7.01. The largest absolute Gasteiger partial charge is 0.478 e. The molecule has 0 radical (unpaired) electrons. The Morgan fingerprint density at radius 1 is 1.29 bits per heavy atom. The van der Waals surface area contributed by atoms with Crippen molar-refractivity contribution >= 4 is 16.0 Å². The van der Waals surface area contributed by atoms with Crippen LogP contribution in [0.5, 0.6) is 0 Å². The summed E-state index contributed by atoms with van der Waals surface area (Å²) in [6.07, 6.45) is 6.26. The quantitative estimate of drug-likeness (QED) is 0.837. The van der Waals surface area contributed by atoms with Gasteiger partial charge in [-0.15, -0.1) is 0 Å². The van der Waals surface area contributed by atoms with E-state index in [4.69, 9.17) is 5.11 Å². The van der Waals surface area contributed by atoms with E-state index in [-0.39, 0.29) is 16.5 Å². The summed E-state index contributed by atoms with van der Waals surface area (Å²) in [4.78, 5) is 11.2. The SMILES string of the molecule is Cc1cc(C(=O)O)cc(S(=O)(=O)NC2CC=CCC2)c1C. The van der Waals surface area contributed by atoms with Gasteiger partial charge in [-0.1, -0.05) is 12.2 Å². The molecule has 2 rings (SSSR count). The first kappa shape index (κ1) is 15.7. The Balaban J connectivity index is 2.39. The van der Waals surface area contributed by atoms with Crippen molar-refractivity contribution in [2.45, 2.75) is 44.0 Å². The number of carboxylic acids is 1. The van der Waals surface area contributed by atoms with Crippen molar-refractivity contribution in [2.24, 2.45) is 0 Å². The molecule has 114 valence electrons. The van der Waals surface area contributed by atoms with Crippen LogP contribution in [0, 0.1) is 13.8 Å². The number of aryl methyl sites for hydroxylation is 1. The standard InChI is InChI=1S/C15H19NO4S/c1-10-8-12(15(17)18)9-14(11(10)2)21(19,20)16-13-6-4-3-5-7-13/h3-4,8-9,13,16H,5-7H2,1-2H3,(H,17,18). The van der Waals surface area contributed by atoms with Gasteiger partial charge in [0.15, 0.2) is 0 Å². The van der Waals surface area contributed by atoms with E-state index in [0.717, 1.165) is 12.8 Å². The van der Waals surface area contributed by atoms with Crippen LogP contribution in [0.3, 0.4) is 0 Å². The van der Waals surface area contributed by atoms with Gasteiger partial charge in [0.25, 0.3) is 0 Å². The summed E-state index contributed by atoms with van der Waals surface area (Å²) in [6.45, 7) is 3.40. The smallest absolute Gasteiger partial charge is 0.335 e. The zero-order chi connectivity index (χ0) is 15.6. The molecule has 0 heterocycles. The van der Waals surface area contributed by atoms with Gasteiger partial charge in [0.2, 0.25) is 10.0 Å². The fraction of sp³-hybridized carbons (Fsp3) is 0.400. The third-order valence-electron chi connectivity index (χ3n) is 3.75. The van der Waals surface area contributed by atoms with Crippen LogP contribution in [-0.2, 0) is 10.0 Å². The fourth-order valence-corrected chi connectivity index (χ4v) is 4.04. The topological polar surface area (TPSA) is 83.5 Å². The molecule has 1 aliphatic carbocycles. The van der Waals surface area contributed by atoms with E-state index in [1.165, 1.54) is 12.1 Å². The Morgan fingerprint density at radius 3 is 2.57 bits per heavy atom. The van der Waals surface area contributed by atoms with Crippen LogP contribution in [0.1, 0.15) is 40.7 Å². The number of carboxylic acid groups (broad SMARTS) is 1. The highest BCUT2D eigenvalue weighted by Crippen LogP contribution is 2.23. The number of benzene rings is 1. The fourth-order valence-electron chi connectivity index (χ4n) is 2.41.